The van der Waals surface area contributed by atoms with Crippen molar-refractivity contribution in [3.8, 4) is 6.07 Å². The van der Waals surface area contributed by atoms with Crippen LogP contribution in [-0.2, 0) is 4.79 Å². The maximum atomic E-state index is 11.4. The Labute approximate surface area is 118 Å². The van der Waals surface area contributed by atoms with Crippen LogP contribution in [0.5, 0.6) is 0 Å². The number of carbonyl (C=O) groups excluding carboxylic acids is 1. The van der Waals surface area contributed by atoms with Gasteiger partial charge in [-0.25, -0.2) is 9.97 Å². The van der Waals surface area contributed by atoms with Gasteiger partial charge in [0.2, 0.25) is 5.91 Å². The summed E-state index contributed by atoms with van der Waals surface area (Å²) in [7, 11) is 3.50. The molecule has 0 aliphatic carbocycles. The zero-order chi connectivity index (χ0) is 14.4. The lowest BCUT2D eigenvalue weighted by molar-refractivity contribution is -0.128. The third-order valence-corrected chi connectivity index (χ3v) is 3.61. The first kappa shape index (κ1) is 15.4. The molecule has 1 rings (SSSR count). The molecular formula is C13H18N4OS. The molecule has 1 aromatic heterocycles. The summed E-state index contributed by atoms with van der Waals surface area (Å²) in [5.74, 6) is 1.56. The highest BCUT2D eigenvalue weighted by molar-refractivity contribution is 7.99. The average Bonchev–Trinajstić information content (AvgIpc) is 2.33. The van der Waals surface area contributed by atoms with E-state index in [1.54, 1.807) is 19.0 Å². The highest BCUT2D eigenvalue weighted by Crippen LogP contribution is 2.23. The third-order valence-electron chi connectivity index (χ3n) is 2.55. The molecule has 19 heavy (non-hydrogen) atoms. The molecule has 102 valence electrons. The van der Waals surface area contributed by atoms with Gasteiger partial charge < -0.3 is 4.90 Å². The number of rotatable bonds is 5. The fraction of sp³-hybridized carbons (Fsp3) is 0.538. The molecule has 0 aliphatic heterocycles. The summed E-state index contributed by atoms with van der Waals surface area (Å²) in [6, 6.07) is 2.14. The van der Waals surface area contributed by atoms with Crippen molar-refractivity contribution in [2.45, 2.75) is 31.7 Å². The maximum absolute atomic E-state index is 11.4. The molecule has 0 saturated carbocycles. The van der Waals surface area contributed by atoms with E-state index in [-0.39, 0.29) is 5.91 Å². The van der Waals surface area contributed by atoms with Crippen molar-refractivity contribution in [2.75, 3.05) is 19.8 Å². The quantitative estimate of drug-likeness (QED) is 0.467. The summed E-state index contributed by atoms with van der Waals surface area (Å²) in [6.07, 6.45) is 1.29. The van der Waals surface area contributed by atoms with Gasteiger partial charge in [0.25, 0.3) is 0 Å². The molecule has 0 fully saturated rings. The highest BCUT2D eigenvalue weighted by atomic mass is 32.2. The second-order valence-corrected chi connectivity index (χ2v) is 5.47. The lowest BCUT2D eigenvalue weighted by Crippen LogP contribution is -2.21. The number of aryl methyl sites for hydroxylation is 2. The summed E-state index contributed by atoms with van der Waals surface area (Å²) in [6.45, 7) is 3.63. The number of carbonyl (C=O) groups is 1. The van der Waals surface area contributed by atoms with E-state index < -0.39 is 0 Å². The normalized spacial score (nSPS) is 10.1. The summed E-state index contributed by atoms with van der Waals surface area (Å²) in [4.78, 5) is 21.5. The number of nitrogens with zero attached hydrogens (tertiary/aromatic N) is 4. The number of aromatic nitrogens is 2. The fourth-order valence-electron chi connectivity index (χ4n) is 1.53. The summed E-state index contributed by atoms with van der Waals surface area (Å²) in [5, 5.41) is 9.82. The second-order valence-electron chi connectivity index (χ2n) is 4.39. The smallest absolute Gasteiger partial charge is 0.222 e. The molecule has 0 bridgehead atoms. The van der Waals surface area contributed by atoms with Crippen molar-refractivity contribution in [2.24, 2.45) is 0 Å². The van der Waals surface area contributed by atoms with Gasteiger partial charge in [-0.15, -0.1) is 11.8 Å². The molecule has 0 spiro atoms. The van der Waals surface area contributed by atoms with Crippen LogP contribution in [0.4, 0.5) is 0 Å². The van der Waals surface area contributed by atoms with E-state index in [0.29, 0.717) is 28.5 Å². The van der Waals surface area contributed by atoms with Crippen LogP contribution >= 0.6 is 11.8 Å². The third kappa shape index (κ3) is 4.52. The van der Waals surface area contributed by atoms with Crippen LogP contribution < -0.4 is 0 Å². The van der Waals surface area contributed by atoms with E-state index in [9.17, 15) is 4.79 Å². The SMILES string of the molecule is Cc1nc(C)c(C#N)c(SCCCC(=O)N(C)C)n1. The van der Waals surface area contributed by atoms with Crippen LogP contribution in [0.3, 0.4) is 0 Å². The molecule has 1 aromatic rings. The topological polar surface area (TPSA) is 69.9 Å². The average molecular weight is 278 g/mol. The van der Waals surface area contributed by atoms with Crippen LogP contribution in [0.15, 0.2) is 5.03 Å². The van der Waals surface area contributed by atoms with Crippen LogP contribution in [0, 0.1) is 25.2 Å². The van der Waals surface area contributed by atoms with Crippen molar-refractivity contribution in [3.63, 3.8) is 0 Å². The Morgan fingerprint density at radius 2 is 2.05 bits per heavy atom. The first-order valence-corrected chi connectivity index (χ1v) is 7.02. The van der Waals surface area contributed by atoms with Crippen LogP contribution in [0.1, 0.15) is 29.9 Å². The molecule has 6 heteroatoms. The number of amides is 1. The van der Waals surface area contributed by atoms with E-state index >= 15 is 0 Å². The minimum atomic E-state index is 0.121. The number of thioether (sulfide) groups is 1. The first-order chi connectivity index (χ1) is 8.95. The van der Waals surface area contributed by atoms with Gasteiger partial charge in [-0.3, -0.25) is 4.79 Å². The van der Waals surface area contributed by atoms with Crippen LogP contribution in [0.25, 0.3) is 0 Å². The van der Waals surface area contributed by atoms with Crippen LogP contribution in [0.2, 0.25) is 0 Å². The molecule has 1 amide bonds. The monoisotopic (exact) mass is 278 g/mol. The van der Waals surface area contributed by atoms with Gasteiger partial charge >= 0.3 is 0 Å². The first-order valence-electron chi connectivity index (χ1n) is 6.04. The van der Waals surface area contributed by atoms with Gasteiger partial charge in [-0.05, 0) is 20.3 Å². The number of hydrogen-bond donors (Lipinski definition) is 0. The molecule has 0 unspecified atom stereocenters. The molecule has 0 saturated heterocycles. The van der Waals surface area contributed by atoms with Crippen molar-refractivity contribution in [3.05, 3.63) is 17.1 Å². The van der Waals surface area contributed by atoms with Gasteiger partial charge in [0.15, 0.2) is 0 Å². The molecule has 5 nitrogen and oxygen atoms in total. The predicted molar refractivity (Wildman–Crippen MR) is 74.9 cm³/mol. The van der Waals surface area contributed by atoms with Crippen molar-refractivity contribution >= 4 is 17.7 Å². The van der Waals surface area contributed by atoms with E-state index in [1.165, 1.54) is 11.8 Å². The summed E-state index contributed by atoms with van der Waals surface area (Å²) >= 11 is 1.51. The minimum Gasteiger partial charge on any atom is -0.349 e. The van der Waals surface area contributed by atoms with Gasteiger partial charge in [-0.1, -0.05) is 0 Å². The molecular weight excluding hydrogens is 260 g/mol. The van der Waals surface area contributed by atoms with Gasteiger partial charge in [0, 0.05) is 26.3 Å². The van der Waals surface area contributed by atoms with E-state index in [0.717, 1.165) is 12.2 Å². The Morgan fingerprint density at radius 1 is 1.37 bits per heavy atom. The molecule has 0 N–H and O–H groups in total. The fourth-order valence-corrected chi connectivity index (χ4v) is 2.55. The number of hydrogen-bond acceptors (Lipinski definition) is 5. The van der Waals surface area contributed by atoms with Crippen molar-refractivity contribution in [1.29, 1.82) is 5.26 Å². The Bertz CT molecular complexity index is 508. The summed E-state index contributed by atoms with van der Waals surface area (Å²) < 4.78 is 0. The maximum Gasteiger partial charge on any atom is 0.222 e. The van der Waals surface area contributed by atoms with E-state index in [1.807, 2.05) is 13.8 Å². The number of nitriles is 1. The standard InChI is InChI=1S/C13H18N4OS/c1-9-11(8-14)13(16-10(2)15-9)19-7-5-6-12(18)17(3)4/h5-7H2,1-4H3. The highest BCUT2D eigenvalue weighted by Gasteiger charge is 2.10. The molecule has 1 heterocycles. The van der Waals surface area contributed by atoms with Crippen LogP contribution in [-0.4, -0.2) is 40.6 Å². The van der Waals surface area contributed by atoms with Gasteiger partial charge in [-0.2, -0.15) is 5.26 Å². The van der Waals surface area contributed by atoms with E-state index in [4.69, 9.17) is 5.26 Å². The largest absolute Gasteiger partial charge is 0.349 e. The van der Waals surface area contributed by atoms with Gasteiger partial charge in [0.05, 0.1) is 5.69 Å². The zero-order valence-electron chi connectivity index (χ0n) is 11.7. The molecule has 0 radical (unpaired) electrons. The Kier molecular flexibility index (Phi) is 5.77. The Hall–Kier alpha value is -1.61. The molecule has 0 atom stereocenters. The lowest BCUT2D eigenvalue weighted by atomic mass is 10.3. The summed E-state index contributed by atoms with van der Waals surface area (Å²) in [5.41, 5.74) is 1.25. The predicted octanol–water partition coefficient (Wildman–Crippen LogP) is 1.93. The zero-order valence-corrected chi connectivity index (χ0v) is 12.5. The van der Waals surface area contributed by atoms with Crippen molar-refractivity contribution < 1.29 is 4.79 Å². The molecule has 0 aromatic carbocycles. The minimum absolute atomic E-state index is 0.121. The van der Waals surface area contributed by atoms with E-state index in [2.05, 4.69) is 16.0 Å². The van der Waals surface area contributed by atoms with Gasteiger partial charge in [0.1, 0.15) is 22.5 Å². The molecule has 0 aliphatic rings. The Balaban J connectivity index is 2.59. The van der Waals surface area contributed by atoms with Crippen molar-refractivity contribution in [1.82, 2.24) is 14.9 Å². The Morgan fingerprint density at radius 3 is 2.63 bits per heavy atom. The lowest BCUT2D eigenvalue weighted by Gasteiger charge is -2.10. The second kappa shape index (κ2) is 7.10.